The number of hydrogen-bond donors (Lipinski definition) is 0. The zero-order chi connectivity index (χ0) is 18.0. The van der Waals surface area contributed by atoms with Crippen molar-refractivity contribution in [3.05, 3.63) is 76.8 Å². The van der Waals surface area contributed by atoms with Gasteiger partial charge in [-0.15, -0.1) is 0 Å². The first-order valence-corrected chi connectivity index (χ1v) is 7.76. The lowest BCUT2D eigenvalue weighted by atomic mass is 10.1. The Balaban J connectivity index is 1.81. The third-order valence-electron chi connectivity index (χ3n) is 3.66. The SMILES string of the molecule is O=C(Cc1cccc(C(F)(F)F)c1)Oc1ccc(Cl)c2ccccc12. The summed E-state index contributed by atoms with van der Waals surface area (Å²) in [6.45, 7) is 0. The molecule has 3 rings (SSSR count). The molecule has 25 heavy (non-hydrogen) atoms. The number of halogens is 4. The first kappa shape index (κ1) is 17.3. The molecule has 2 nitrogen and oxygen atoms in total. The highest BCUT2D eigenvalue weighted by Crippen LogP contribution is 2.32. The van der Waals surface area contributed by atoms with Gasteiger partial charge in [0.2, 0.25) is 0 Å². The number of ether oxygens (including phenoxy) is 1. The number of carbonyl (C=O) groups is 1. The smallest absolute Gasteiger partial charge is 0.416 e. The van der Waals surface area contributed by atoms with Crippen LogP contribution in [-0.2, 0) is 17.4 Å². The van der Waals surface area contributed by atoms with E-state index in [1.54, 1.807) is 30.3 Å². The van der Waals surface area contributed by atoms with Gasteiger partial charge in [-0.05, 0) is 23.8 Å². The predicted molar refractivity (Wildman–Crippen MR) is 89.7 cm³/mol. The van der Waals surface area contributed by atoms with E-state index in [2.05, 4.69) is 0 Å². The number of rotatable bonds is 3. The Morgan fingerprint density at radius 1 is 0.960 bits per heavy atom. The van der Waals surface area contributed by atoms with Crippen LogP contribution in [0.3, 0.4) is 0 Å². The van der Waals surface area contributed by atoms with Crippen LogP contribution in [-0.4, -0.2) is 5.97 Å². The molecule has 0 saturated heterocycles. The Hall–Kier alpha value is -2.53. The zero-order valence-corrected chi connectivity index (χ0v) is 13.6. The molecular weight excluding hydrogens is 353 g/mol. The molecule has 0 aliphatic carbocycles. The Morgan fingerprint density at radius 3 is 2.40 bits per heavy atom. The minimum absolute atomic E-state index is 0.234. The van der Waals surface area contributed by atoms with Crippen molar-refractivity contribution in [3.63, 3.8) is 0 Å². The van der Waals surface area contributed by atoms with Crippen molar-refractivity contribution in [3.8, 4) is 5.75 Å². The quantitative estimate of drug-likeness (QED) is 0.443. The molecule has 0 spiro atoms. The summed E-state index contributed by atoms with van der Waals surface area (Å²) in [5.74, 6) is -0.330. The Morgan fingerprint density at radius 2 is 1.68 bits per heavy atom. The molecule has 3 aromatic rings. The summed E-state index contributed by atoms with van der Waals surface area (Å²) < 4.78 is 43.5. The Kier molecular flexibility index (Phi) is 4.68. The fourth-order valence-electron chi connectivity index (χ4n) is 2.51. The molecule has 0 fully saturated rings. The lowest BCUT2D eigenvalue weighted by Gasteiger charge is -2.10. The van der Waals surface area contributed by atoms with Crippen molar-refractivity contribution in [2.24, 2.45) is 0 Å². The minimum atomic E-state index is -4.45. The van der Waals surface area contributed by atoms with Crippen LogP contribution in [0.1, 0.15) is 11.1 Å². The molecule has 3 aromatic carbocycles. The molecule has 0 atom stereocenters. The summed E-state index contributed by atoms with van der Waals surface area (Å²) in [4.78, 5) is 12.1. The molecular formula is C19H12ClF3O2. The zero-order valence-electron chi connectivity index (χ0n) is 12.8. The van der Waals surface area contributed by atoms with E-state index in [0.29, 0.717) is 16.2 Å². The summed E-state index contributed by atoms with van der Waals surface area (Å²) in [6, 6.07) is 14.9. The van der Waals surface area contributed by atoms with Crippen LogP contribution in [0.25, 0.3) is 10.8 Å². The molecule has 6 heteroatoms. The summed E-state index contributed by atoms with van der Waals surface area (Å²) in [5, 5.41) is 1.91. The first-order chi connectivity index (χ1) is 11.8. The number of carbonyl (C=O) groups excluding carboxylic acids is 1. The van der Waals surface area contributed by atoms with Crippen molar-refractivity contribution in [2.45, 2.75) is 12.6 Å². The van der Waals surface area contributed by atoms with Crippen molar-refractivity contribution in [1.82, 2.24) is 0 Å². The molecule has 0 amide bonds. The Bertz CT molecular complexity index is 935. The second kappa shape index (κ2) is 6.76. The number of hydrogen-bond acceptors (Lipinski definition) is 2. The molecule has 0 aliphatic rings. The predicted octanol–water partition coefficient (Wildman–Crippen LogP) is 5.66. The minimum Gasteiger partial charge on any atom is -0.426 e. The van der Waals surface area contributed by atoms with Gasteiger partial charge in [-0.1, -0.05) is 54.1 Å². The summed E-state index contributed by atoms with van der Waals surface area (Å²) >= 11 is 6.11. The monoisotopic (exact) mass is 364 g/mol. The summed E-state index contributed by atoms with van der Waals surface area (Å²) in [7, 11) is 0. The summed E-state index contributed by atoms with van der Waals surface area (Å²) in [6.07, 6.45) is -4.72. The van der Waals surface area contributed by atoms with Crippen molar-refractivity contribution < 1.29 is 22.7 Å². The number of alkyl halides is 3. The van der Waals surface area contributed by atoms with Crippen molar-refractivity contribution in [2.75, 3.05) is 0 Å². The molecule has 128 valence electrons. The molecule has 0 unspecified atom stereocenters. The third kappa shape index (κ3) is 3.94. The van der Waals surface area contributed by atoms with Crippen LogP contribution in [0.15, 0.2) is 60.7 Å². The van der Waals surface area contributed by atoms with E-state index in [1.165, 1.54) is 12.1 Å². The van der Waals surface area contributed by atoms with Crippen LogP contribution < -0.4 is 4.74 Å². The maximum atomic E-state index is 12.7. The van der Waals surface area contributed by atoms with Gasteiger partial charge in [-0.25, -0.2) is 0 Å². The van der Waals surface area contributed by atoms with Gasteiger partial charge in [0.05, 0.1) is 12.0 Å². The lowest BCUT2D eigenvalue weighted by Crippen LogP contribution is -2.12. The van der Waals surface area contributed by atoms with E-state index in [1.807, 2.05) is 6.07 Å². The fraction of sp³-hybridized carbons (Fsp3) is 0.105. The highest BCUT2D eigenvalue weighted by molar-refractivity contribution is 6.35. The van der Waals surface area contributed by atoms with Gasteiger partial charge in [-0.3, -0.25) is 4.79 Å². The van der Waals surface area contributed by atoms with E-state index in [0.717, 1.165) is 17.5 Å². The number of esters is 1. The first-order valence-electron chi connectivity index (χ1n) is 7.38. The van der Waals surface area contributed by atoms with Gasteiger partial charge in [-0.2, -0.15) is 13.2 Å². The third-order valence-corrected chi connectivity index (χ3v) is 3.99. The summed E-state index contributed by atoms with van der Waals surface area (Å²) in [5.41, 5.74) is -0.562. The number of fused-ring (bicyclic) bond motifs is 1. The van der Waals surface area contributed by atoms with Crippen LogP contribution >= 0.6 is 11.6 Å². The van der Waals surface area contributed by atoms with E-state index >= 15 is 0 Å². The van der Waals surface area contributed by atoms with Crippen molar-refractivity contribution >= 4 is 28.3 Å². The standard InChI is InChI=1S/C19H12ClF3O2/c20-16-8-9-17(15-7-2-1-6-14(15)16)25-18(24)11-12-4-3-5-13(10-12)19(21,22)23/h1-10H,11H2. The molecule has 0 bridgehead atoms. The van der Waals surface area contributed by atoms with E-state index < -0.39 is 17.7 Å². The maximum absolute atomic E-state index is 12.7. The molecule has 0 aromatic heterocycles. The lowest BCUT2D eigenvalue weighted by molar-refractivity contribution is -0.138. The molecule has 0 saturated carbocycles. The van der Waals surface area contributed by atoms with Gasteiger partial charge in [0.25, 0.3) is 0 Å². The van der Waals surface area contributed by atoms with Gasteiger partial charge in [0.15, 0.2) is 0 Å². The van der Waals surface area contributed by atoms with Gasteiger partial charge in [0, 0.05) is 15.8 Å². The van der Waals surface area contributed by atoms with Gasteiger partial charge < -0.3 is 4.74 Å². The molecule has 0 radical (unpaired) electrons. The normalized spacial score (nSPS) is 11.5. The fourth-order valence-corrected chi connectivity index (χ4v) is 2.73. The van der Waals surface area contributed by atoms with Crippen molar-refractivity contribution in [1.29, 1.82) is 0 Å². The largest absolute Gasteiger partial charge is 0.426 e. The van der Waals surface area contributed by atoms with Crippen LogP contribution in [0.4, 0.5) is 13.2 Å². The van der Waals surface area contributed by atoms with E-state index in [4.69, 9.17) is 16.3 Å². The average molecular weight is 365 g/mol. The Labute approximate surface area is 146 Å². The highest BCUT2D eigenvalue weighted by Gasteiger charge is 2.30. The van der Waals surface area contributed by atoms with E-state index in [9.17, 15) is 18.0 Å². The topological polar surface area (TPSA) is 26.3 Å². The number of benzene rings is 3. The molecule has 0 N–H and O–H groups in total. The van der Waals surface area contributed by atoms with Gasteiger partial charge in [0.1, 0.15) is 5.75 Å². The average Bonchev–Trinajstić information content (AvgIpc) is 2.57. The second-order valence-electron chi connectivity index (χ2n) is 5.44. The maximum Gasteiger partial charge on any atom is 0.416 e. The van der Waals surface area contributed by atoms with Crippen LogP contribution in [0.2, 0.25) is 5.02 Å². The van der Waals surface area contributed by atoms with Crippen LogP contribution in [0, 0.1) is 0 Å². The highest BCUT2D eigenvalue weighted by atomic mass is 35.5. The molecule has 0 aliphatic heterocycles. The van der Waals surface area contributed by atoms with Gasteiger partial charge >= 0.3 is 12.1 Å². The molecule has 0 heterocycles. The second-order valence-corrected chi connectivity index (χ2v) is 5.85. The van der Waals surface area contributed by atoms with Crippen LogP contribution in [0.5, 0.6) is 5.75 Å². The van der Waals surface area contributed by atoms with E-state index in [-0.39, 0.29) is 12.0 Å².